The van der Waals surface area contributed by atoms with Crippen LogP contribution in [0.2, 0.25) is 0 Å². The summed E-state index contributed by atoms with van der Waals surface area (Å²) in [6, 6.07) is 11.1. The number of nitrogens with one attached hydrogen (secondary N) is 2. The van der Waals surface area contributed by atoms with Gasteiger partial charge in [-0.15, -0.1) is 11.3 Å². The second-order valence-electron chi connectivity index (χ2n) is 4.84. The fourth-order valence-electron chi connectivity index (χ4n) is 2.04. The number of para-hydroxylation sites is 1. The molecule has 0 aliphatic heterocycles. The van der Waals surface area contributed by atoms with Crippen molar-refractivity contribution in [2.45, 2.75) is 13.0 Å². The summed E-state index contributed by atoms with van der Waals surface area (Å²) >= 11 is 1.56. The monoisotopic (exact) mass is 329 g/mol. The largest absolute Gasteiger partial charge is 0.459 e. The van der Waals surface area contributed by atoms with E-state index in [9.17, 15) is 9.59 Å². The van der Waals surface area contributed by atoms with Crippen LogP contribution in [0.4, 0.5) is 0 Å². The topological polar surface area (TPSA) is 84.2 Å². The molecular weight excluding hydrogens is 314 g/mol. The van der Waals surface area contributed by atoms with Crippen LogP contribution in [0.5, 0.6) is 0 Å². The van der Waals surface area contributed by atoms with Crippen LogP contribution < -0.4 is 10.6 Å². The number of furan rings is 1. The fraction of sp³-hybridized carbons (Fsp3) is 0.188. The fourth-order valence-corrected chi connectivity index (χ4v) is 2.95. The van der Waals surface area contributed by atoms with E-state index in [0.717, 1.165) is 15.2 Å². The third-order valence-corrected chi connectivity index (χ3v) is 4.19. The van der Waals surface area contributed by atoms with Gasteiger partial charge in [-0.25, -0.2) is 4.98 Å². The zero-order chi connectivity index (χ0) is 16.1. The van der Waals surface area contributed by atoms with Gasteiger partial charge in [0.15, 0.2) is 5.76 Å². The molecule has 0 atom stereocenters. The number of hydrogen-bond acceptors (Lipinski definition) is 5. The normalized spacial score (nSPS) is 10.6. The van der Waals surface area contributed by atoms with Crippen LogP contribution in [0.1, 0.15) is 22.0 Å². The van der Waals surface area contributed by atoms with Gasteiger partial charge < -0.3 is 15.1 Å². The predicted octanol–water partition coefficient (Wildman–Crippen LogP) is 2.33. The van der Waals surface area contributed by atoms with E-state index in [-0.39, 0.29) is 30.5 Å². The summed E-state index contributed by atoms with van der Waals surface area (Å²) in [6.07, 6.45) is 1.64. The summed E-state index contributed by atoms with van der Waals surface area (Å²) in [4.78, 5) is 27.9. The van der Waals surface area contributed by atoms with Crippen LogP contribution in [0.15, 0.2) is 47.1 Å². The molecule has 0 saturated heterocycles. The van der Waals surface area contributed by atoms with Crippen molar-refractivity contribution < 1.29 is 14.0 Å². The Bertz CT molecular complexity index is 778. The molecule has 2 aromatic heterocycles. The molecule has 0 unspecified atom stereocenters. The van der Waals surface area contributed by atoms with Gasteiger partial charge >= 0.3 is 0 Å². The lowest BCUT2D eigenvalue weighted by Gasteiger charge is -2.04. The first-order chi connectivity index (χ1) is 11.2. The highest BCUT2D eigenvalue weighted by Gasteiger charge is 2.09. The van der Waals surface area contributed by atoms with Crippen LogP contribution in [-0.2, 0) is 11.3 Å². The molecule has 0 spiro atoms. The summed E-state index contributed by atoms with van der Waals surface area (Å²) in [5.41, 5.74) is 0.937. The third-order valence-electron chi connectivity index (χ3n) is 3.16. The summed E-state index contributed by atoms with van der Waals surface area (Å²) < 4.78 is 6.07. The molecule has 2 heterocycles. The molecule has 3 rings (SSSR count). The van der Waals surface area contributed by atoms with Gasteiger partial charge in [-0.05, 0) is 24.3 Å². The van der Waals surface area contributed by atoms with Gasteiger partial charge in [-0.1, -0.05) is 12.1 Å². The molecule has 0 aliphatic carbocycles. The van der Waals surface area contributed by atoms with Gasteiger partial charge in [0, 0.05) is 13.0 Å². The van der Waals surface area contributed by atoms with Crippen molar-refractivity contribution in [3.63, 3.8) is 0 Å². The van der Waals surface area contributed by atoms with Crippen molar-refractivity contribution >= 4 is 33.4 Å². The highest BCUT2D eigenvalue weighted by Crippen LogP contribution is 2.21. The Morgan fingerprint density at radius 3 is 2.78 bits per heavy atom. The maximum atomic E-state index is 11.8. The number of nitrogens with zero attached hydrogens (tertiary/aromatic N) is 1. The summed E-state index contributed by atoms with van der Waals surface area (Å²) in [7, 11) is 0. The van der Waals surface area contributed by atoms with Crippen molar-refractivity contribution in [2.24, 2.45) is 0 Å². The van der Waals surface area contributed by atoms with E-state index < -0.39 is 0 Å². The Labute approximate surface area is 136 Å². The Morgan fingerprint density at radius 1 is 1.13 bits per heavy atom. The molecule has 6 nitrogen and oxygen atoms in total. The third kappa shape index (κ3) is 3.95. The van der Waals surface area contributed by atoms with Gasteiger partial charge in [0.05, 0.1) is 23.0 Å². The zero-order valence-corrected chi connectivity index (χ0v) is 13.1. The van der Waals surface area contributed by atoms with E-state index in [1.54, 1.807) is 23.5 Å². The summed E-state index contributed by atoms with van der Waals surface area (Å²) in [5, 5.41) is 6.29. The van der Waals surface area contributed by atoms with Crippen molar-refractivity contribution in [3.8, 4) is 0 Å². The van der Waals surface area contributed by atoms with Gasteiger partial charge in [-0.2, -0.15) is 0 Å². The molecule has 3 aromatic rings. The number of carbonyl (C=O) groups excluding carboxylic acids is 2. The molecule has 118 valence electrons. The van der Waals surface area contributed by atoms with Gasteiger partial charge in [-0.3, -0.25) is 9.59 Å². The van der Waals surface area contributed by atoms with Crippen LogP contribution >= 0.6 is 11.3 Å². The smallest absolute Gasteiger partial charge is 0.286 e. The number of rotatable bonds is 6. The van der Waals surface area contributed by atoms with Crippen LogP contribution in [0, 0.1) is 0 Å². The maximum Gasteiger partial charge on any atom is 0.286 e. The van der Waals surface area contributed by atoms with Crippen LogP contribution in [-0.4, -0.2) is 23.3 Å². The van der Waals surface area contributed by atoms with Crippen LogP contribution in [0.25, 0.3) is 10.2 Å². The first-order valence-electron chi connectivity index (χ1n) is 7.15. The highest BCUT2D eigenvalue weighted by atomic mass is 32.1. The van der Waals surface area contributed by atoms with Gasteiger partial charge in [0.25, 0.3) is 5.91 Å². The van der Waals surface area contributed by atoms with Crippen LogP contribution in [0.3, 0.4) is 0 Å². The Kier molecular flexibility index (Phi) is 4.68. The number of hydrogen-bond donors (Lipinski definition) is 2. The number of aromatic nitrogens is 1. The van der Waals surface area contributed by atoms with E-state index in [4.69, 9.17) is 4.42 Å². The lowest BCUT2D eigenvalue weighted by atomic mass is 10.3. The molecule has 7 heteroatoms. The first kappa shape index (κ1) is 15.2. The molecule has 23 heavy (non-hydrogen) atoms. The molecule has 1 aromatic carbocycles. The molecule has 2 amide bonds. The number of thiazole rings is 1. The molecular formula is C16H15N3O3S. The van der Waals surface area contributed by atoms with Crippen molar-refractivity contribution in [1.82, 2.24) is 15.6 Å². The number of fused-ring (bicyclic) bond motifs is 1. The zero-order valence-electron chi connectivity index (χ0n) is 12.2. The quantitative estimate of drug-likeness (QED) is 0.727. The van der Waals surface area contributed by atoms with Crippen molar-refractivity contribution in [3.05, 3.63) is 53.4 Å². The first-order valence-corrected chi connectivity index (χ1v) is 7.97. The highest BCUT2D eigenvalue weighted by molar-refractivity contribution is 7.18. The van der Waals surface area contributed by atoms with Crippen molar-refractivity contribution in [2.75, 3.05) is 6.54 Å². The Balaban J connectivity index is 1.42. The lowest BCUT2D eigenvalue weighted by molar-refractivity contribution is -0.121. The molecule has 0 radical (unpaired) electrons. The Hall–Kier alpha value is -2.67. The molecule has 0 saturated carbocycles. The lowest BCUT2D eigenvalue weighted by Crippen LogP contribution is -2.30. The van der Waals surface area contributed by atoms with E-state index in [1.165, 1.54) is 6.26 Å². The number of benzene rings is 1. The van der Waals surface area contributed by atoms with Crippen molar-refractivity contribution in [1.29, 1.82) is 0 Å². The molecule has 0 aliphatic rings. The molecule has 0 bridgehead atoms. The maximum absolute atomic E-state index is 11.8. The minimum absolute atomic E-state index is 0.135. The average molecular weight is 329 g/mol. The van der Waals surface area contributed by atoms with E-state index in [2.05, 4.69) is 15.6 Å². The SMILES string of the molecule is O=C(CCNC(=O)c1ccco1)NCc1nc2ccccc2s1. The van der Waals surface area contributed by atoms with Gasteiger partial charge in [0.2, 0.25) is 5.91 Å². The Morgan fingerprint density at radius 2 is 2.00 bits per heavy atom. The van der Waals surface area contributed by atoms with E-state index in [1.807, 2.05) is 24.3 Å². The minimum atomic E-state index is -0.325. The second-order valence-corrected chi connectivity index (χ2v) is 5.95. The molecule has 0 fully saturated rings. The van der Waals surface area contributed by atoms with E-state index in [0.29, 0.717) is 6.54 Å². The molecule has 2 N–H and O–H groups in total. The summed E-state index contributed by atoms with van der Waals surface area (Å²) in [5.74, 6) is -0.224. The minimum Gasteiger partial charge on any atom is -0.459 e. The average Bonchev–Trinajstić information content (AvgIpc) is 3.21. The number of amides is 2. The number of carbonyl (C=O) groups is 2. The standard InChI is InChI=1S/C16H15N3O3S/c20-14(7-8-17-16(21)12-5-3-9-22-12)18-10-15-19-11-4-1-2-6-13(11)23-15/h1-6,9H,7-8,10H2,(H,17,21)(H,18,20). The van der Waals surface area contributed by atoms with Gasteiger partial charge in [0.1, 0.15) is 5.01 Å². The summed E-state index contributed by atoms with van der Waals surface area (Å²) in [6.45, 7) is 0.648. The predicted molar refractivity (Wildman–Crippen MR) is 87.1 cm³/mol. The second kappa shape index (κ2) is 7.06. The van der Waals surface area contributed by atoms with E-state index >= 15 is 0 Å².